The molecule has 2 aromatic carbocycles. The lowest BCUT2D eigenvalue weighted by molar-refractivity contribution is -0.107. The number of hydrogen-bond acceptors (Lipinski definition) is 4. The van der Waals surface area contributed by atoms with E-state index in [9.17, 15) is 4.79 Å². The van der Waals surface area contributed by atoms with Crippen LogP contribution in [0.3, 0.4) is 0 Å². The topological polar surface area (TPSA) is 74.6 Å². The molecule has 0 unspecified atom stereocenters. The van der Waals surface area contributed by atoms with Crippen molar-refractivity contribution in [1.82, 2.24) is 0 Å². The molecule has 23 heavy (non-hydrogen) atoms. The first-order chi connectivity index (χ1) is 11.2. The number of carbonyl (C=O) groups is 2. The maximum Gasteiger partial charge on any atom is 0.157 e. The lowest BCUT2D eigenvalue weighted by Crippen LogP contribution is -1.89. The number of aromatic hydroxyl groups is 2. The van der Waals surface area contributed by atoms with Gasteiger partial charge in [-0.05, 0) is 36.1 Å². The summed E-state index contributed by atoms with van der Waals surface area (Å²) in [5.41, 5.74) is 2.45. The number of phenols is 2. The van der Waals surface area contributed by atoms with Gasteiger partial charge in [0.05, 0.1) is 0 Å². The van der Waals surface area contributed by atoms with Crippen LogP contribution < -0.4 is 0 Å². The zero-order valence-corrected chi connectivity index (χ0v) is 13.0. The Morgan fingerprint density at radius 2 is 1.43 bits per heavy atom. The van der Waals surface area contributed by atoms with E-state index in [-0.39, 0.29) is 11.5 Å². The van der Waals surface area contributed by atoms with E-state index < -0.39 is 0 Å². The molecule has 4 nitrogen and oxygen atoms in total. The second kappa shape index (κ2) is 12.8. The Morgan fingerprint density at radius 1 is 0.913 bits per heavy atom. The number of unbranched alkanes of at least 4 members (excludes halogenated alkanes) is 1. The summed E-state index contributed by atoms with van der Waals surface area (Å²) >= 11 is 0. The number of para-hydroxylation sites is 2. The van der Waals surface area contributed by atoms with Gasteiger partial charge in [-0.2, -0.15) is 0 Å². The smallest absolute Gasteiger partial charge is 0.157 e. The van der Waals surface area contributed by atoms with Crippen molar-refractivity contribution in [2.24, 2.45) is 0 Å². The molecule has 2 N–H and O–H groups in total. The van der Waals surface area contributed by atoms with Gasteiger partial charge in [0.1, 0.15) is 13.1 Å². The average molecular weight is 314 g/mol. The molecule has 0 aliphatic rings. The average Bonchev–Trinajstić information content (AvgIpc) is 2.60. The summed E-state index contributed by atoms with van der Waals surface area (Å²) in [7, 11) is 0. The van der Waals surface area contributed by atoms with Crippen LogP contribution in [-0.2, 0) is 16.0 Å². The fourth-order valence-electron chi connectivity index (χ4n) is 1.80. The van der Waals surface area contributed by atoms with E-state index in [0.29, 0.717) is 6.42 Å². The summed E-state index contributed by atoms with van der Waals surface area (Å²) in [6.45, 7) is 5.75. The molecule has 122 valence electrons. The molecule has 0 saturated carbocycles. The number of benzene rings is 2. The van der Waals surface area contributed by atoms with Gasteiger partial charge in [-0.1, -0.05) is 49.1 Å². The maximum atomic E-state index is 10.1. The van der Waals surface area contributed by atoms with Crippen LogP contribution in [0.4, 0.5) is 0 Å². The number of aldehydes is 1. The highest BCUT2D eigenvalue weighted by Gasteiger charge is 1.96. The highest BCUT2D eigenvalue weighted by atomic mass is 16.3. The number of aryl methyl sites for hydroxylation is 1. The van der Waals surface area contributed by atoms with Crippen LogP contribution in [0.2, 0.25) is 0 Å². The second-order valence-corrected chi connectivity index (χ2v) is 4.45. The molecule has 0 fully saturated rings. The minimum atomic E-state index is -0.0764. The van der Waals surface area contributed by atoms with Gasteiger partial charge >= 0.3 is 0 Å². The zero-order chi connectivity index (χ0) is 17.5. The Bertz CT molecular complexity index is 572. The first-order valence-electron chi connectivity index (χ1n) is 7.09. The highest BCUT2D eigenvalue weighted by molar-refractivity contribution is 5.52. The molecule has 0 aromatic heterocycles. The van der Waals surface area contributed by atoms with Crippen LogP contribution >= 0.6 is 0 Å². The fourth-order valence-corrected chi connectivity index (χ4v) is 1.80. The summed E-state index contributed by atoms with van der Waals surface area (Å²) in [5.74, 6) is -0.153. The van der Waals surface area contributed by atoms with E-state index >= 15 is 0 Å². The molecule has 0 saturated heterocycles. The van der Waals surface area contributed by atoms with Crippen molar-refractivity contribution in [2.45, 2.75) is 19.3 Å². The van der Waals surface area contributed by atoms with E-state index in [1.54, 1.807) is 12.1 Å². The molecule has 0 heterocycles. The molecule has 0 atom stereocenters. The standard InChI is InChI=1S/C12H14O.C6H6O2.CH2O/c1-2-11-7-3-4-8-12(11)9-5-6-10-13;7-5-3-1-2-4-6(5)8;1-2/h2-4,7-8,10H,1,5-6,9H2;1-4,7-8H;1H2. The number of carbonyl (C=O) groups excluding carboxylic acids is 2. The minimum absolute atomic E-state index is 0.0764. The normalized spacial score (nSPS) is 8.70. The number of rotatable bonds is 5. The van der Waals surface area contributed by atoms with Gasteiger partial charge in [0.15, 0.2) is 11.5 Å². The van der Waals surface area contributed by atoms with Crippen molar-refractivity contribution in [3.8, 4) is 11.5 Å². The molecule has 0 aliphatic heterocycles. The Morgan fingerprint density at radius 3 is 1.91 bits per heavy atom. The Hall–Kier alpha value is -2.88. The molecule has 4 heteroatoms. The number of phenolic OH excluding ortho intramolecular Hbond substituents is 2. The van der Waals surface area contributed by atoms with Crippen LogP contribution in [0.5, 0.6) is 11.5 Å². The van der Waals surface area contributed by atoms with Crippen molar-refractivity contribution < 1.29 is 19.8 Å². The van der Waals surface area contributed by atoms with Crippen molar-refractivity contribution in [2.75, 3.05) is 0 Å². The largest absolute Gasteiger partial charge is 0.504 e. The van der Waals surface area contributed by atoms with Gasteiger partial charge < -0.3 is 19.8 Å². The molecule has 2 aromatic rings. The summed E-state index contributed by atoms with van der Waals surface area (Å²) in [5, 5.41) is 17.3. The Labute approximate surface area is 136 Å². The van der Waals surface area contributed by atoms with Gasteiger partial charge in [0.2, 0.25) is 0 Å². The van der Waals surface area contributed by atoms with Crippen LogP contribution in [0.1, 0.15) is 24.0 Å². The second-order valence-electron chi connectivity index (χ2n) is 4.45. The van der Waals surface area contributed by atoms with Gasteiger partial charge in [-0.3, -0.25) is 0 Å². The summed E-state index contributed by atoms with van der Waals surface area (Å²) in [4.78, 5) is 18.1. The van der Waals surface area contributed by atoms with Crippen LogP contribution in [0.15, 0.2) is 55.1 Å². The van der Waals surface area contributed by atoms with Gasteiger partial charge in [0, 0.05) is 6.42 Å². The first-order valence-corrected chi connectivity index (χ1v) is 7.09. The van der Waals surface area contributed by atoms with Crippen LogP contribution in [0.25, 0.3) is 6.08 Å². The van der Waals surface area contributed by atoms with E-state index in [2.05, 4.69) is 12.6 Å². The predicted octanol–water partition coefficient (Wildman–Crippen LogP) is 3.76. The molecule has 0 spiro atoms. The van der Waals surface area contributed by atoms with Crippen molar-refractivity contribution in [3.05, 3.63) is 66.2 Å². The van der Waals surface area contributed by atoms with Gasteiger partial charge in [-0.15, -0.1) is 0 Å². The maximum absolute atomic E-state index is 10.1. The summed E-state index contributed by atoms with van der Waals surface area (Å²) in [6, 6.07) is 14.3. The van der Waals surface area contributed by atoms with E-state index in [1.165, 1.54) is 23.3 Å². The van der Waals surface area contributed by atoms with E-state index in [1.807, 2.05) is 31.1 Å². The minimum Gasteiger partial charge on any atom is -0.504 e. The molecule has 0 amide bonds. The molecular formula is C19H22O4. The predicted molar refractivity (Wildman–Crippen MR) is 92.4 cm³/mol. The Kier molecular flexibility index (Phi) is 11.2. The van der Waals surface area contributed by atoms with E-state index in [0.717, 1.165) is 19.1 Å². The first kappa shape index (κ1) is 20.1. The third kappa shape index (κ3) is 8.21. The fraction of sp³-hybridized carbons (Fsp3) is 0.158. The molecule has 0 bridgehead atoms. The quantitative estimate of drug-likeness (QED) is 0.500. The molecule has 0 aliphatic carbocycles. The third-order valence-electron chi connectivity index (χ3n) is 2.92. The van der Waals surface area contributed by atoms with Crippen LogP contribution in [-0.4, -0.2) is 23.3 Å². The third-order valence-corrected chi connectivity index (χ3v) is 2.92. The Balaban J connectivity index is 0.000000414. The zero-order valence-electron chi connectivity index (χ0n) is 13.0. The lowest BCUT2D eigenvalue weighted by Gasteiger charge is -2.03. The van der Waals surface area contributed by atoms with Gasteiger partial charge in [-0.25, -0.2) is 0 Å². The van der Waals surface area contributed by atoms with Crippen molar-refractivity contribution >= 4 is 19.2 Å². The highest BCUT2D eigenvalue weighted by Crippen LogP contribution is 2.21. The SMILES string of the molecule is C=Cc1ccccc1CCCC=O.C=O.Oc1ccccc1O. The summed E-state index contributed by atoms with van der Waals surface area (Å²) < 4.78 is 0. The number of hydrogen-bond donors (Lipinski definition) is 2. The van der Waals surface area contributed by atoms with Crippen LogP contribution in [0, 0.1) is 0 Å². The lowest BCUT2D eigenvalue weighted by atomic mass is 10.0. The molecular weight excluding hydrogens is 292 g/mol. The molecule has 0 radical (unpaired) electrons. The monoisotopic (exact) mass is 314 g/mol. The van der Waals surface area contributed by atoms with Crippen molar-refractivity contribution in [1.29, 1.82) is 0 Å². The summed E-state index contributed by atoms with van der Waals surface area (Å²) in [6.07, 6.45) is 5.35. The van der Waals surface area contributed by atoms with Gasteiger partial charge in [0.25, 0.3) is 0 Å². The van der Waals surface area contributed by atoms with Crippen molar-refractivity contribution in [3.63, 3.8) is 0 Å². The van der Waals surface area contributed by atoms with E-state index in [4.69, 9.17) is 15.0 Å². The molecule has 2 rings (SSSR count).